The van der Waals surface area contributed by atoms with Gasteiger partial charge in [-0.25, -0.2) is 4.79 Å². The van der Waals surface area contributed by atoms with Crippen LogP contribution in [0.15, 0.2) is 23.4 Å². The van der Waals surface area contributed by atoms with Gasteiger partial charge in [0.1, 0.15) is 0 Å². The number of nitrogens with zero attached hydrogens (tertiary/aromatic N) is 1. The van der Waals surface area contributed by atoms with E-state index in [0.717, 1.165) is 0 Å². The van der Waals surface area contributed by atoms with Crippen LogP contribution in [0.3, 0.4) is 0 Å². The van der Waals surface area contributed by atoms with Gasteiger partial charge in [-0.1, -0.05) is 34.4 Å². The number of carboxylic acids is 1. The molecular weight excluding hydrogens is 253 g/mol. The summed E-state index contributed by atoms with van der Waals surface area (Å²) in [6.45, 7) is 0. The third kappa shape index (κ3) is 2.13. The summed E-state index contributed by atoms with van der Waals surface area (Å²) in [6, 6.07) is 4.96. The van der Waals surface area contributed by atoms with E-state index < -0.39 is 12.1 Å². The molecule has 0 aromatic heterocycles. The monoisotopic (exact) mass is 259 g/mol. The van der Waals surface area contributed by atoms with Crippen molar-refractivity contribution in [1.82, 2.24) is 0 Å². The Kier molecular flexibility index (Phi) is 3.03. The molecule has 16 heavy (non-hydrogen) atoms. The van der Waals surface area contributed by atoms with Gasteiger partial charge < -0.3 is 9.94 Å². The number of aliphatic carboxylic acids is 1. The van der Waals surface area contributed by atoms with E-state index in [0.29, 0.717) is 15.6 Å². The number of carboxylic acid groups (broad SMARTS) is 1. The van der Waals surface area contributed by atoms with E-state index in [1.165, 1.54) is 0 Å². The smallest absolute Gasteiger partial charge is 0.353 e. The zero-order valence-corrected chi connectivity index (χ0v) is 9.50. The summed E-state index contributed by atoms with van der Waals surface area (Å²) in [5.41, 5.74) is 0.682. The number of hydrogen-bond donors (Lipinski definition) is 1. The van der Waals surface area contributed by atoms with Crippen molar-refractivity contribution in [2.45, 2.75) is 12.5 Å². The fourth-order valence-electron chi connectivity index (χ4n) is 1.43. The van der Waals surface area contributed by atoms with Gasteiger partial charge in [0.25, 0.3) is 0 Å². The first-order valence-corrected chi connectivity index (χ1v) is 5.24. The molecular formula is C10H7Cl2NO3. The molecule has 0 saturated carbocycles. The van der Waals surface area contributed by atoms with Crippen molar-refractivity contribution in [2.24, 2.45) is 5.16 Å². The maximum Gasteiger partial charge on any atom is 0.353 e. The van der Waals surface area contributed by atoms with Gasteiger partial charge in [-0.15, -0.1) is 0 Å². The molecule has 1 unspecified atom stereocenters. The van der Waals surface area contributed by atoms with Crippen molar-refractivity contribution < 1.29 is 14.7 Å². The molecule has 1 aromatic carbocycles. The van der Waals surface area contributed by atoms with Crippen molar-refractivity contribution in [1.29, 1.82) is 0 Å². The summed E-state index contributed by atoms with van der Waals surface area (Å²) in [6.07, 6.45) is -0.243. The lowest BCUT2D eigenvalue weighted by Crippen LogP contribution is -2.11. The molecule has 0 bridgehead atoms. The van der Waals surface area contributed by atoms with Gasteiger partial charge in [-0.3, -0.25) is 0 Å². The van der Waals surface area contributed by atoms with Crippen LogP contribution < -0.4 is 0 Å². The van der Waals surface area contributed by atoms with Crippen molar-refractivity contribution in [3.8, 4) is 0 Å². The Bertz CT molecular complexity index is 473. The Morgan fingerprint density at radius 1 is 1.50 bits per heavy atom. The molecule has 1 atom stereocenters. The van der Waals surface area contributed by atoms with Gasteiger partial charge >= 0.3 is 5.97 Å². The molecule has 0 saturated heterocycles. The highest BCUT2D eigenvalue weighted by atomic mass is 35.5. The first-order valence-electron chi connectivity index (χ1n) is 4.49. The topological polar surface area (TPSA) is 58.9 Å². The first kappa shape index (κ1) is 11.2. The van der Waals surface area contributed by atoms with Crippen molar-refractivity contribution >= 4 is 34.9 Å². The van der Waals surface area contributed by atoms with Gasteiger partial charge in [0.15, 0.2) is 11.8 Å². The van der Waals surface area contributed by atoms with E-state index in [1.54, 1.807) is 18.2 Å². The second-order valence-electron chi connectivity index (χ2n) is 3.31. The Balaban J connectivity index is 2.20. The normalized spacial score (nSPS) is 19.1. The van der Waals surface area contributed by atoms with E-state index >= 15 is 0 Å². The second-order valence-corrected chi connectivity index (χ2v) is 4.15. The summed E-state index contributed by atoms with van der Waals surface area (Å²) >= 11 is 11.7. The van der Waals surface area contributed by atoms with Crippen LogP contribution in [0.4, 0.5) is 0 Å². The lowest BCUT2D eigenvalue weighted by Gasteiger charge is -2.10. The standard InChI is InChI=1S/C10H7Cl2NO3/c11-5-1-2-6(7(12)3-5)9-4-8(10(14)15)13-16-9/h1-3,9H,4H2,(H,14,15). The Morgan fingerprint density at radius 3 is 2.81 bits per heavy atom. The molecule has 0 radical (unpaired) electrons. The van der Waals surface area contributed by atoms with Crippen molar-refractivity contribution in [3.05, 3.63) is 33.8 Å². The highest BCUT2D eigenvalue weighted by Gasteiger charge is 2.28. The average molecular weight is 260 g/mol. The Hall–Kier alpha value is -1.26. The average Bonchev–Trinajstić information content (AvgIpc) is 2.66. The molecule has 1 aromatic rings. The summed E-state index contributed by atoms with van der Waals surface area (Å²) in [7, 11) is 0. The lowest BCUT2D eigenvalue weighted by molar-refractivity contribution is -0.129. The third-order valence-corrected chi connectivity index (χ3v) is 2.79. The van der Waals surface area contributed by atoms with E-state index in [-0.39, 0.29) is 12.1 Å². The molecule has 1 aliphatic heterocycles. The van der Waals surface area contributed by atoms with Crippen molar-refractivity contribution in [2.75, 3.05) is 0 Å². The van der Waals surface area contributed by atoms with E-state index in [2.05, 4.69) is 5.16 Å². The predicted molar refractivity (Wildman–Crippen MR) is 60.0 cm³/mol. The fourth-order valence-corrected chi connectivity index (χ4v) is 1.96. The van der Waals surface area contributed by atoms with Crippen LogP contribution in [0.1, 0.15) is 18.1 Å². The molecule has 1 N–H and O–H groups in total. The summed E-state index contributed by atoms with van der Waals surface area (Å²) in [5.74, 6) is -1.08. The molecule has 2 rings (SSSR count). The fraction of sp³-hybridized carbons (Fsp3) is 0.200. The van der Waals surface area contributed by atoms with Crippen molar-refractivity contribution in [3.63, 3.8) is 0 Å². The Labute approximate surface area is 101 Å². The van der Waals surface area contributed by atoms with Crippen LogP contribution in [0.25, 0.3) is 0 Å². The second kappa shape index (κ2) is 4.31. The maximum atomic E-state index is 10.7. The van der Waals surface area contributed by atoms with Crippen LogP contribution in [0.5, 0.6) is 0 Å². The molecule has 1 heterocycles. The van der Waals surface area contributed by atoms with Gasteiger partial charge in [-0.05, 0) is 12.1 Å². The number of oxime groups is 1. The molecule has 1 aliphatic rings. The van der Waals surface area contributed by atoms with Gasteiger partial charge in [0, 0.05) is 22.0 Å². The van der Waals surface area contributed by atoms with Gasteiger partial charge in [-0.2, -0.15) is 0 Å². The molecule has 84 valence electrons. The van der Waals surface area contributed by atoms with Crippen LogP contribution in [-0.2, 0) is 9.63 Å². The predicted octanol–water partition coefficient (Wildman–Crippen LogP) is 2.90. The molecule has 0 aliphatic carbocycles. The minimum Gasteiger partial charge on any atom is -0.477 e. The number of carbonyl (C=O) groups is 1. The Morgan fingerprint density at radius 2 is 2.25 bits per heavy atom. The molecule has 6 heteroatoms. The third-order valence-electron chi connectivity index (χ3n) is 2.23. The zero-order valence-electron chi connectivity index (χ0n) is 7.98. The quantitative estimate of drug-likeness (QED) is 0.889. The summed E-state index contributed by atoms with van der Waals surface area (Å²) in [5, 5.41) is 13.2. The van der Waals surface area contributed by atoms with Crippen LogP contribution >= 0.6 is 23.2 Å². The van der Waals surface area contributed by atoms with E-state index in [1.807, 2.05) is 0 Å². The zero-order chi connectivity index (χ0) is 11.7. The highest BCUT2D eigenvalue weighted by Crippen LogP contribution is 2.33. The van der Waals surface area contributed by atoms with Gasteiger partial charge in [0.2, 0.25) is 0 Å². The summed E-state index contributed by atoms with van der Waals surface area (Å²) < 4.78 is 0. The van der Waals surface area contributed by atoms with E-state index in [4.69, 9.17) is 33.1 Å². The maximum absolute atomic E-state index is 10.7. The molecule has 0 spiro atoms. The van der Waals surface area contributed by atoms with Crippen LogP contribution in [0, 0.1) is 0 Å². The number of halogens is 2. The largest absolute Gasteiger partial charge is 0.477 e. The highest BCUT2D eigenvalue weighted by molar-refractivity contribution is 6.36. The molecule has 4 nitrogen and oxygen atoms in total. The summed E-state index contributed by atoms with van der Waals surface area (Å²) in [4.78, 5) is 15.7. The lowest BCUT2D eigenvalue weighted by atomic mass is 10.0. The first-order chi connectivity index (χ1) is 7.58. The minimum absolute atomic E-state index is 0.00369. The van der Waals surface area contributed by atoms with Crippen LogP contribution in [0.2, 0.25) is 10.0 Å². The SMILES string of the molecule is O=C(O)C1=NOC(c2ccc(Cl)cc2Cl)C1. The number of benzene rings is 1. The minimum atomic E-state index is -1.08. The number of hydrogen-bond acceptors (Lipinski definition) is 3. The van der Waals surface area contributed by atoms with Gasteiger partial charge in [0.05, 0.1) is 0 Å². The van der Waals surface area contributed by atoms with E-state index in [9.17, 15) is 4.79 Å². The molecule has 0 fully saturated rings. The van der Waals surface area contributed by atoms with Crippen LogP contribution in [-0.4, -0.2) is 16.8 Å². The number of rotatable bonds is 2. The molecule has 0 amide bonds.